The number of hydrogen-bond acceptors (Lipinski definition) is 5. The first kappa shape index (κ1) is 17.1. The molecule has 0 aliphatic carbocycles. The van der Waals surface area contributed by atoms with E-state index in [-0.39, 0.29) is 12.0 Å². The van der Waals surface area contributed by atoms with Gasteiger partial charge in [-0.2, -0.15) is 0 Å². The molecule has 1 aliphatic rings. The maximum Gasteiger partial charge on any atom is 0.225 e. The molecule has 0 bridgehead atoms. The number of rotatable bonds is 7. The Morgan fingerprint density at radius 2 is 1.92 bits per heavy atom. The average molecular weight is 342 g/mol. The topological polar surface area (TPSA) is 68.8 Å². The van der Waals surface area contributed by atoms with Crippen molar-refractivity contribution >= 4 is 11.6 Å². The van der Waals surface area contributed by atoms with Gasteiger partial charge in [0.2, 0.25) is 5.91 Å². The number of fused-ring (bicyclic) bond motifs is 1. The highest BCUT2D eigenvalue weighted by Crippen LogP contribution is 2.30. The zero-order chi connectivity index (χ0) is 17.5. The maximum absolute atomic E-state index is 12.0. The van der Waals surface area contributed by atoms with Crippen LogP contribution in [0.25, 0.3) is 0 Å². The quantitative estimate of drug-likeness (QED) is 0.757. The summed E-state index contributed by atoms with van der Waals surface area (Å²) in [6, 6.07) is 15.0. The molecule has 1 heterocycles. The summed E-state index contributed by atoms with van der Waals surface area (Å²) in [6.07, 6.45) is 0.301. The van der Waals surface area contributed by atoms with Crippen molar-refractivity contribution in [3.8, 4) is 17.2 Å². The van der Waals surface area contributed by atoms with Gasteiger partial charge in [-0.15, -0.1) is 0 Å². The molecule has 2 aromatic carbocycles. The third-order valence-electron chi connectivity index (χ3n) is 3.85. The summed E-state index contributed by atoms with van der Waals surface area (Å²) < 4.78 is 16.7. The van der Waals surface area contributed by atoms with Gasteiger partial charge in [0.15, 0.2) is 11.5 Å². The number of hydrogen-bond donors (Lipinski definition) is 2. The lowest BCUT2D eigenvalue weighted by Gasteiger charge is -2.26. The standard InChI is InChI=1S/C19H22N2O4/c1-23-16-7-3-2-6-15(16)21-19(22)10-11-20-12-14-13-24-17-8-4-5-9-18(17)25-14/h2-9,14,20H,10-13H2,1H3,(H,21,22). The van der Waals surface area contributed by atoms with Crippen LogP contribution in [0, 0.1) is 0 Å². The van der Waals surface area contributed by atoms with Crippen LogP contribution in [0.15, 0.2) is 48.5 Å². The summed E-state index contributed by atoms with van der Waals surface area (Å²) in [5.74, 6) is 2.11. The number of anilines is 1. The summed E-state index contributed by atoms with van der Waals surface area (Å²) in [7, 11) is 1.58. The minimum atomic E-state index is -0.0665. The molecule has 2 N–H and O–H groups in total. The highest BCUT2D eigenvalue weighted by molar-refractivity contribution is 5.92. The van der Waals surface area contributed by atoms with E-state index < -0.39 is 0 Å². The van der Waals surface area contributed by atoms with Crippen LogP contribution >= 0.6 is 0 Å². The Kier molecular flexibility index (Phi) is 5.74. The zero-order valence-corrected chi connectivity index (χ0v) is 14.2. The number of nitrogens with one attached hydrogen (secondary N) is 2. The minimum absolute atomic E-state index is 0.0628. The zero-order valence-electron chi connectivity index (χ0n) is 14.2. The van der Waals surface area contributed by atoms with Crippen molar-refractivity contribution in [2.45, 2.75) is 12.5 Å². The van der Waals surface area contributed by atoms with Crippen LogP contribution in [-0.4, -0.2) is 38.8 Å². The predicted octanol–water partition coefficient (Wildman–Crippen LogP) is 2.45. The summed E-state index contributed by atoms with van der Waals surface area (Å²) in [4.78, 5) is 12.0. The SMILES string of the molecule is COc1ccccc1NC(=O)CCNCC1COc2ccccc2O1. The van der Waals surface area contributed by atoms with Crippen molar-refractivity contribution in [1.82, 2.24) is 5.32 Å². The molecule has 0 radical (unpaired) electrons. The molecule has 1 amide bonds. The lowest BCUT2D eigenvalue weighted by Crippen LogP contribution is -2.39. The van der Waals surface area contributed by atoms with Crippen LogP contribution in [0.1, 0.15) is 6.42 Å². The second-order valence-corrected chi connectivity index (χ2v) is 5.70. The summed E-state index contributed by atoms with van der Waals surface area (Å²) in [5, 5.41) is 6.09. The van der Waals surface area contributed by atoms with E-state index in [0.29, 0.717) is 37.6 Å². The fraction of sp³-hybridized carbons (Fsp3) is 0.316. The normalized spacial score (nSPS) is 15.5. The fourth-order valence-electron chi connectivity index (χ4n) is 2.59. The van der Waals surface area contributed by atoms with Gasteiger partial charge in [-0.3, -0.25) is 4.79 Å². The van der Waals surface area contributed by atoms with Gasteiger partial charge >= 0.3 is 0 Å². The third kappa shape index (κ3) is 4.64. The average Bonchev–Trinajstić information content (AvgIpc) is 2.65. The summed E-state index contributed by atoms with van der Waals surface area (Å²) in [5.41, 5.74) is 0.677. The number of amides is 1. The molecule has 0 spiro atoms. The van der Waals surface area contributed by atoms with Crippen molar-refractivity contribution in [1.29, 1.82) is 0 Å². The van der Waals surface area contributed by atoms with Gasteiger partial charge in [0.05, 0.1) is 12.8 Å². The monoisotopic (exact) mass is 342 g/mol. The van der Waals surface area contributed by atoms with Crippen LogP contribution in [0.3, 0.4) is 0 Å². The van der Waals surface area contributed by atoms with Crippen molar-refractivity contribution in [3.05, 3.63) is 48.5 Å². The number of para-hydroxylation sites is 4. The minimum Gasteiger partial charge on any atom is -0.495 e. The summed E-state index contributed by atoms with van der Waals surface area (Å²) in [6.45, 7) is 1.68. The second-order valence-electron chi connectivity index (χ2n) is 5.70. The van der Waals surface area contributed by atoms with Gasteiger partial charge in [-0.25, -0.2) is 0 Å². The van der Waals surface area contributed by atoms with E-state index in [0.717, 1.165) is 11.5 Å². The molecule has 0 saturated carbocycles. The molecule has 6 heteroatoms. The van der Waals surface area contributed by atoms with E-state index in [1.54, 1.807) is 7.11 Å². The Hall–Kier alpha value is -2.73. The maximum atomic E-state index is 12.0. The van der Waals surface area contributed by atoms with E-state index in [1.807, 2.05) is 48.5 Å². The molecule has 1 unspecified atom stereocenters. The van der Waals surface area contributed by atoms with Crippen LogP contribution in [0.5, 0.6) is 17.2 Å². The largest absolute Gasteiger partial charge is 0.495 e. The number of ether oxygens (including phenoxy) is 3. The van der Waals surface area contributed by atoms with E-state index in [4.69, 9.17) is 14.2 Å². The van der Waals surface area contributed by atoms with Crippen LogP contribution < -0.4 is 24.8 Å². The Balaban J connectivity index is 1.38. The van der Waals surface area contributed by atoms with Crippen molar-refractivity contribution in [2.24, 2.45) is 0 Å². The molecule has 2 aromatic rings. The molecule has 0 saturated heterocycles. The number of benzene rings is 2. The van der Waals surface area contributed by atoms with Gasteiger partial charge < -0.3 is 24.8 Å². The highest BCUT2D eigenvalue weighted by atomic mass is 16.6. The number of carbonyl (C=O) groups is 1. The van der Waals surface area contributed by atoms with E-state index in [9.17, 15) is 4.79 Å². The summed E-state index contributed by atoms with van der Waals surface area (Å²) >= 11 is 0. The van der Waals surface area contributed by atoms with Crippen LogP contribution in [0.4, 0.5) is 5.69 Å². The lowest BCUT2D eigenvalue weighted by atomic mass is 10.2. The smallest absolute Gasteiger partial charge is 0.225 e. The van der Waals surface area contributed by atoms with E-state index in [1.165, 1.54) is 0 Å². The molecule has 25 heavy (non-hydrogen) atoms. The first-order valence-corrected chi connectivity index (χ1v) is 8.28. The molecule has 0 aromatic heterocycles. The van der Waals surface area contributed by atoms with Crippen LogP contribution in [-0.2, 0) is 4.79 Å². The van der Waals surface area contributed by atoms with Crippen molar-refractivity contribution < 1.29 is 19.0 Å². The van der Waals surface area contributed by atoms with E-state index >= 15 is 0 Å². The van der Waals surface area contributed by atoms with Gasteiger partial charge in [0.25, 0.3) is 0 Å². The third-order valence-corrected chi connectivity index (χ3v) is 3.85. The number of carbonyl (C=O) groups excluding carboxylic acids is 1. The predicted molar refractivity (Wildman–Crippen MR) is 95.5 cm³/mol. The molecule has 1 atom stereocenters. The molecule has 6 nitrogen and oxygen atoms in total. The molecular weight excluding hydrogens is 320 g/mol. The van der Waals surface area contributed by atoms with E-state index in [2.05, 4.69) is 10.6 Å². The Morgan fingerprint density at radius 1 is 1.16 bits per heavy atom. The molecule has 1 aliphatic heterocycles. The Labute approximate surface area is 147 Å². The van der Waals surface area contributed by atoms with Gasteiger partial charge in [0.1, 0.15) is 18.5 Å². The lowest BCUT2D eigenvalue weighted by molar-refractivity contribution is -0.116. The number of methoxy groups -OCH3 is 1. The first-order chi connectivity index (χ1) is 12.3. The van der Waals surface area contributed by atoms with Gasteiger partial charge in [-0.05, 0) is 24.3 Å². The Bertz CT molecular complexity index is 720. The Morgan fingerprint density at radius 3 is 2.76 bits per heavy atom. The molecule has 132 valence electrons. The van der Waals surface area contributed by atoms with Crippen molar-refractivity contribution in [2.75, 3.05) is 32.1 Å². The first-order valence-electron chi connectivity index (χ1n) is 8.28. The second kappa shape index (κ2) is 8.39. The molecule has 0 fully saturated rings. The molecular formula is C19H22N2O4. The highest BCUT2D eigenvalue weighted by Gasteiger charge is 2.20. The van der Waals surface area contributed by atoms with Crippen molar-refractivity contribution in [3.63, 3.8) is 0 Å². The van der Waals surface area contributed by atoms with Crippen LogP contribution in [0.2, 0.25) is 0 Å². The van der Waals surface area contributed by atoms with Gasteiger partial charge in [0, 0.05) is 19.5 Å². The fourth-order valence-corrected chi connectivity index (χ4v) is 2.59. The molecule has 3 rings (SSSR count). The van der Waals surface area contributed by atoms with Gasteiger partial charge in [-0.1, -0.05) is 24.3 Å².